The maximum atomic E-state index is 12.3. The number of amides is 1. The molecule has 0 aliphatic carbocycles. The molecular formula is C13H13ClN2O2S. The summed E-state index contributed by atoms with van der Waals surface area (Å²) in [5.41, 5.74) is 0.0260. The van der Waals surface area contributed by atoms with Gasteiger partial charge in [-0.25, -0.2) is 0 Å². The Balaban J connectivity index is 2.17. The van der Waals surface area contributed by atoms with Crippen molar-refractivity contribution in [3.8, 4) is 0 Å². The molecule has 1 N–H and O–H groups in total. The summed E-state index contributed by atoms with van der Waals surface area (Å²) in [4.78, 5) is 28.7. The predicted octanol–water partition coefficient (Wildman–Crippen LogP) is 2.75. The molecule has 0 atom stereocenters. The zero-order valence-electron chi connectivity index (χ0n) is 10.4. The van der Waals surface area contributed by atoms with Gasteiger partial charge in [0.2, 0.25) is 5.56 Å². The first-order valence-corrected chi connectivity index (χ1v) is 7.02. The molecule has 2 aromatic rings. The third kappa shape index (κ3) is 3.45. The van der Waals surface area contributed by atoms with Gasteiger partial charge in [-0.15, -0.1) is 11.3 Å². The Morgan fingerprint density at radius 1 is 1.37 bits per heavy atom. The number of pyridine rings is 1. The maximum Gasteiger partial charge on any atom is 0.270 e. The molecular weight excluding hydrogens is 284 g/mol. The number of carbonyl (C=O) groups excluding carboxylic acids is 1. The van der Waals surface area contributed by atoms with E-state index in [-0.39, 0.29) is 11.5 Å². The fourth-order valence-electron chi connectivity index (χ4n) is 1.69. The molecule has 1 amide bonds. The molecule has 0 aliphatic rings. The van der Waals surface area contributed by atoms with Crippen LogP contribution in [0.15, 0.2) is 35.1 Å². The van der Waals surface area contributed by atoms with E-state index in [1.54, 1.807) is 17.0 Å². The molecule has 0 bridgehead atoms. The van der Waals surface area contributed by atoms with E-state index in [0.717, 1.165) is 4.88 Å². The maximum absolute atomic E-state index is 12.3. The summed E-state index contributed by atoms with van der Waals surface area (Å²) in [7, 11) is 0. The highest BCUT2D eigenvalue weighted by Gasteiger charge is 2.15. The minimum absolute atomic E-state index is 0.190. The van der Waals surface area contributed by atoms with E-state index in [4.69, 9.17) is 11.6 Å². The number of rotatable bonds is 4. The van der Waals surface area contributed by atoms with Gasteiger partial charge in [-0.05, 0) is 25.1 Å². The van der Waals surface area contributed by atoms with Gasteiger partial charge in [0.15, 0.2) is 0 Å². The number of nitrogens with zero attached hydrogens (tertiary/aromatic N) is 1. The van der Waals surface area contributed by atoms with Crippen molar-refractivity contribution in [1.82, 2.24) is 9.88 Å². The Morgan fingerprint density at radius 2 is 2.16 bits per heavy atom. The first-order chi connectivity index (χ1) is 9.10. The van der Waals surface area contributed by atoms with Crippen molar-refractivity contribution in [2.45, 2.75) is 13.5 Å². The number of halogens is 1. The van der Waals surface area contributed by atoms with E-state index < -0.39 is 0 Å². The van der Waals surface area contributed by atoms with Crippen LogP contribution in [0, 0.1) is 0 Å². The second-order valence-electron chi connectivity index (χ2n) is 3.95. The number of hydrogen-bond acceptors (Lipinski definition) is 3. The van der Waals surface area contributed by atoms with E-state index in [9.17, 15) is 9.59 Å². The number of hydrogen-bond donors (Lipinski definition) is 1. The number of aromatic amines is 1. The van der Waals surface area contributed by atoms with Crippen molar-refractivity contribution in [1.29, 1.82) is 0 Å². The lowest BCUT2D eigenvalue weighted by Gasteiger charge is -2.19. The molecule has 0 unspecified atom stereocenters. The van der Waals surface area contributed by atoms with Crippen LogP contribution < -0.4 is 5.56 Å². The second kappa shape index (κ2) is 6.04. The first kappa shape index (κ1) is 13.8. The SMILES string of the molecule is CCN(Cc1ccc(Cl)s1)C(=O)c1cccc(=O)[nH]1. The molecule has 2 aromatic heterocycles. The van der Waals surface area contributed by atoms with Crippen LogP contribution in [0.5, 0.6) is 0 Å². The highest BCUT2D eigenvalue weighted by molar-refractivity contribution is 7.16. The molecule has 0 radical (unpaired) electrons. The molecule has 0 saturated carbocycles. The summed E-state index contributed by atoms with van der Waals surface area (Å²) >= 11 is 7.32. The van der Waals surface area contributed by atoms with Crippen LogP contribution in [0.2, 0.25) is 4.34 Å². The van der Waals surface area contributed by atoms with Crippen molar-refractivity contribution in [2.75, 3.05) is 6.54 Å². The molecule has 0 aromatic carbocycles. The van der Waals surface area contributed by atoms with Crippen LogP contribution in [0.1, 0.15) is 22.3 Å². The smallest absolute Gasteiger partial charge is 0.270 e. The molecule has 0 aliphatic heterocycles. The molecule has 6 heteroatoms. The van der Waals surface area contributed by atoms with Gasteiger partial charge in [0.1, 0.15) is 5.69 Å². The number of H-pyrrole nitrogens is 1. The third-order valence-electron chi connectivity index (χ3n) is 2.64. The standard InChI is InChI=1S/C13H13ClN2O2S/c1-2-16(8-9-6-7-11(14)19-9)13(18)10-4-3-5-12(17)15-10/h3-7H,2,8H2,1H3,(H,15,17). The largest absolute Gasteiger partial charge is 0.333 e. The van der Waals surface area contributed by atoms with Crippen LogP contribution >= 0.6 is 22.9 Å². The number of nitrogens with one attached hydrogen (secondary N) is 1. The molecule has 0 saturated heterocycles. The number of thiophene rings is 1. The summed E-state index contributed by atoms with van der Waals surface area (Å²) in [6, 6.07) is 8.27. The van der Waals surface area contributed by atoms with Gasteiger partial charge in [-0.3, -0.25) is 9.59 Å². The summed E-state index contributed by atoms with van der Waals surface area (Å²) in [5, 5.41) is 0. The quantitative estimate of drug-likeness (QED) is 0.943. The summed E-state index contributed by atoms with van der Waals surface area (Å²) < 4.78 is 0.701. The first-order valence-electron chi connectivity index (χ1n) is 5.83. The van der Waals surface area contributed by atoms with E-state index >= 15 is 0 Å². The molecule has 0 fully saturated rings. The summed E-state index contributed by atoms with van der Waals surface area (Å²) in [6.45, 7) is 2.95. The minimum atomic E-state index is -0.277. The van der Waals surface area contributed by atoms with E-state index in [1.807, 2.05) is 19.1 Å². The zero-order valence-corrected chi connectivity index (χ0v) is 11.9. The van der Waals surface area contributed by atoms with E-state index in [1.165, 1.54) is 17.4 Å². The van der Waals surface area contributed by atoms with Crippen molar-refractivity contribution in [2.24, 2.45) is 0 Å². The average Bonchev–Trinajstić information content (AvgIpc) is 2.81. The Bertz CT molecular complexity index is 635. The third-order valence-corrected chi connectivity index (χ3v) is 3.86. The second-order valence-corrected chi connectivity index (χ2v) is 5.75. The van der Waals surface area contributed by atoms with Gasteiger partial charge in [0.05, 0.1) is 10.9 Å². The Labute approximate surface area is 119 Å². The Kier molecular flexibility index (Phi) is 4.39. The number of carbonyl (C=O) groups is 1. The van der Waals surface area contributed by atoms with Crippen molar-refractivity contribution >= 4 is 28.8 Å². The molecule has 19 heavy (non-hydrogen) atoms. The van der Waals surface area contributed by atoms with Gasteiger partial charge < -0.3 is 9.88 Å². The van der Waals surface area contributed by atoms with Crippen molar-refractivity contribution in [3.63, 3.8) is 0 Å². The van der Waals surface area contributed by atoms with Crippen molar-refractivity contribution < 1.29 is 4.79 Å². The van der Waals surface area contributed by atoms with Gasteiger partial charge in [0, 0.05) is 17.5 Å². The molecule has 2 rings (SSSR count). The van der Waals surface area contributed by atoms with Crippen LogP contribution in [0.4, 0.5) is 0 Å². The van der Waals surface area contributed by atoms with Crippen molar-refractivity contribution in [3.05, 3.63) is 55.6 Å². The normalized spacial score (nSPS) is 10.4. The Morgan fingerprint density at radius 3 is 2.74 bits per heavy atom. The lowest BCUT2D eigenvalue weighted by Crippen LogP contribution is -2.31. The Hall–Kier alpha value is -1.59. The monoisotopic (exact) mass is 296 g/mol. The van der Waals surface area contributed by atoms with E-state index in [0.29, 0.717) is 23.1 Å². The van der Waals surface area contributed by atoms with Crippen LogP contribution in [-0.2, 0) is 6.54 Å². The van der Waals surface area contributed by atoms with Gasteiger partial charge in [-0.1, -0.05) is 17.7 Å². The van der Waals surface area contributed by atoms with Crippen LogP contribution in [-0.4, -0.2) is 22.3 Å². The fourth-order valence-corrected chi connectivity index (χ4v) is 2.80. The average molecular weight is 297 g/mol. The zero-order chi connectivity index (χ0) is 13.8. The minimum Gasteiger partial charge on any atom is -0.333 e. The summed E-state index contributed by atoms with van der Waals surface area (Å²) in [5.74, 6) is -0.190. The van der Waals surface area contributed by atoms with Crippen LogP contribution in [0.25, 0.3) is 0 Å². The molecule has 100 valence electrons. The fraction of sp³-hybridized carbons (Fsp3) is 0.231. The lowest BCUT2D eigenvalue weighted by molar-refractivity contribution is 0.0748. The topological polar surface area (TPSA) is 53.2 Å². The van der Waals surface area contributed by atoms with Crippen LogP contribution in [0.3, 0.4) is 0 Å². The highest BCUT2D eigenvalue weighted by Crippen LogP contribution is 2.23. The summed E-state index contributed by atoms with van der Waals surface area (Å²) in [6.07, 6.45) is 0. The van der Waals surface area contributed by atoms with Gasteiger partial charge in [-0.2, -0.15) is 0 Å². The molecule has 4 nitrogen and oxygen atoms in total. The highest BCUT2D eigenvalue weighted by atomic mass is 35.5. The van der Waals surface area contributed by atoms with Gasteiger partial charge >= 0.3 is 0 Å². The number of aromatic nitrogens is 1. The molecule has 0 spiro atoms. The van der Waals surface area contributed by atoms with E-state index in [2.05, 4.69) is 4.98 Å². The van der Waals surface area contributed by atoms with Gasteiger partial charge in [0.25, 0.3) is 5.91 Å². The lowest BCUT2D eigenvalue weighted by atomic mass is 10.3. The molecule has 2 heterocycles. The predicted molar refractivity (Wildman–Crippen MR) is 76.8 cm³/mol.